The molecule has 1 atom stereocenters. The minimum Gasteiger partial charge on any atom is -0.492 e. The number of hydrogen-bond donors (Lipinski definition) is 1. The zero-order chi connectivity index (χ0) is 22.6. The van der Waals surface area contributed by atoms with E-state index in [4.69, 9.17) is 9.47 Å². The number of amides is 1. The predicted molar refractivity (Wildman–Crippen MR) is 122 cm³/mol. The van der Waals surface area contributed by atoms with Crippen LogP contribution in [0.25, 0.3) is 0 Å². The van der Waals surface area contributed by atoms with Crippen molar-refractivity contribution in [3.63, 3.8) is 0 Å². The summed E-state index contributed by atoms with van der Waals surface area (Å²) in [4.78, 5) is 15.2. The fraction of sp³-hybridized carbons (Fsp3) is 0.440. The van der Waals surface area contributed by atoms with Gasteiger partial charge in [-0.1, -0.05) is 58.0 Å². The van der Waals surface area contributed by atoms with Gasteiger partial charge in [0.15, 0.2) is 6.10 Å². The first-order valence-corrected chi connectivity index (χ1v) is 10.9. The molecule has 0 heterocycles. The summed E-state index contributed by atoms with van der Waals surface area (Å²) in [7, 11) is 0. The molecule has 1 amide bonds. The average Bonchev–Trinajstić information content (AvgIpc) is 2.79. The van der Waals surface area contributed by atoms with Crippen LogP contribution in [0.4, 0.5) is 0 Å². The number of carbonyl (C=O) groups excluding carboxylic acids is 1. The lowest BCUT2D eigenvalue weighted by Crippen LogP contribution is -2.41. The van der Waals surface area contributed by atoms with E-state index in [-0.39, 0.29) is 11.8 Å². The van der Waals surface area contributed by atoms with Crippen LogP contribution in [-0.2, 0) is 11.3 Å². The topological polar surface area (TPSA) is 74.6 Å². The number of benzene rings is 2. The number of nitrogens with one attached hydrogen (secondary N) is 1. The molecule has 6 nitrogen and oxygen atoms in total. The van der Waals surface area contributed by atoms with E-state index in [9.17, 15) is 10.1 Å². The van der Waals surface area contributed by atoms with Gasteiger partial charge in [-0.05, 0) is 37.2 Å². The molecule has 0 aliphatic carbocycles. The Morgan fingerprint density at radius 2 is 1.71 bits per heavy atom. The molecule has 2 rings (SSSR count). The zero-order valence-corrected chi connectivity index (χ0v) is 18.9. The molecule has 0 aliphatic heterocycles. The molecule has 1 unspecified atom stereocenters. The Bertz CT molecular complexity index is 872. The van der Waals surface area contributed by atoms with E-state index in [1.165, 1.54) is 0 Å². The lowest BCUT2D eigenvalue weighted by molar-refractivity contribution is -0.130. The molecule has 166 valence electrons. The molecule has 0 aromatic heterocycles. The van der Waals surface area contributed by atoms with Crippen LogP contribution in [0.2, 0.25) is 0 Å². The second kappa shape index (κ2) is 12.6. The van der Waals surface area contributed by atoms with E-state index in [0.717, 1.165) is 30.9 Å². The van der Waals surface area contributed by atoms with Gasteiger partial charge in [0.05, 0.1) is 5.56 Å². The Hall–Kier alpha value is -3.04. The molecule has 6 heteroatoms. The van der Waals surface area contributed by atoms with Gasteiger partial charge in [0.1, 0.15) is 24.2 Å². The number of likely N-dealkylation sites (N-methyl/N-ethyl adjacent to an activating group) is 1. The maximum atomic E-state index is 12.9. The maximum Gasteiger partial charge on any atom is 0.261 e. The third-order valence-corrected chi connectivity index (χ3v) is 5.11. The van der Waals surface area contributed by atoms with Gasteiger partial charge in [-0.25, -0.2) is 0 Å². The molecule has 0 fully saturated rings. The first-order valence-electron chi connectivity index (χ1n) is 10.9. The van der Waals surface area contributed by atoms with Crippen molar-refractivity contribution in [1.82, 2.24) is 10.2 Å². The molecule has 0 saturated heterocycles. The van der Waals surface area contributed by atoms with Crippen LogP contribution in [0.1, 0.15) is 38.8 Å². The summed E-state index contributed by atoms with van der Waals surface area (Å²) in [6, 6.07) is 16.8. The highest BCUT2D eigenvalue weighted by Crippen LogP contribution is 2.22. The molecule has 31 heavy (non-hydrogen) atoms. The lowest BCUT2D eigenvalue weighted by Gasteiger charge is -2.23. The van der Waals surface area contributed by atoms with E-state index < -0.39 is 6.10 Å². The van der Waals surface area contributed by atoms with Crippen LogP contribution >= 0.6 is 0 Å². The van der Waals surface area contributed by atoms with Crippen LogP contribution in [0.15, 0.2) is 48.5 Å². The van der Waals surface area contributed by atoms with E-state index in [2.05, 4.69) is 30.1 Å². The molecular weight excluding hydrogens is 390 g/mol. The first-order chi connectivity index (χ1) is 15.0. The third-order valence-electron chi connectivity index (χ3n) is 5.11. The number of hydrogen-bond acceptors (Lipinski definition) is 5. The highest BCUT2D eigenvalue weighted by Gasteiger charge is 2.25. The summed E-state index contributed by atoms with van der Waals surface area (Å²) < 4.78 is 11.9. The van der Waals surface area contributed by atoms with Crippen molar-refractivity contribution in [2.24, 2.45) is 5.92 Å². The monoisotopic (exact) mass is 423 g/mol. The number of nitrogens with zero attached hydrogens (tertiary/aromatic N) is 2. The van der Waals surface area contributed by atoms with Gasteiger partial charge < -0.3 is 19.7 Å². The van der Waals surface area contributed by atoms with Crippen molar-refractivity contribution in [3.05, 3.63) is 59.7 Å². The number of para-hydroxylation sites is 2. The van der Waals surface area contributed by atoms with Crippen molar-refractivity contribution in [3.8, 4) is 17.6 Å². The summed E-state index contributed by atoms with van der Waals surface area (Å²) in [6.45, 7) is 11.9. The summed E-state index contributed by atoms with van der Waals surface area (Å²) in [6.07, 6.45) is -0.703. The Labute approximate surface area is 185 Å². The molecule has 0 radical (unpaired) electrons. The smallest absolute Gasteiger partial charge is 0.261 e. The van der Waals surface area contributed by atoms with Gasteiger partial charge in [0, 0.05) is 18.7 Å². The SMILES string of the molecule is CCN(CC)CCOc1ccccc1CNC(=O)C(Oc1ccccc1C#N)C(C)C. The summed E-state index contributed by atoms with van der Waals surface area (Å²) >= 11 is 0. The maximum absolute atomic E-state index is 12.9. The second-order valence-corrected chi connectivity index (χ2v) is 7.59. The fourth-order valence-electron chi connectivity index (χ4n) is 3.19. The fourth-order valence-corrected chi connectivity index (χ4v) is 3.19. The summed E-state index contributed by atoms with van der Waals surface area (Å²) in [5.41, 5.74) is 1.32. The summed E-state index contributed by atoms with van der Waals surface area (Å²) in [5, 5.41) is 12.2. The van der Waals surface area contributed by atoms with E-state index in [1.807, 2.05) is 38.1 Å². The van der Waals surface area contributed by atoms with Gasteiger partial charge in [-0.15, -0.1) is 0 Å². The second-order valence-electron chi connectivity index (χ2n) is 7.59. The molecule has 1 N–H and O–H groups in total. The molecule has 0 spiro atoms. The quantitative estimate of drug-likeness (QED) is 0.559. The van der Waals surface area contributed by atoms with Crippen molar-refractivity contribution in [2.45, 2.75) is 40.3 Å². The van der Waals surface area contributed by atoms with Gasteiger partial charge in [0.25, 0.3) is 5.91 Å². The number of nitriles is 1. The number of rotatable bonds is 12. The molecule has 0 bridgehead atoms. The van der Waals surface area contributed by atoms with Crippen LogP contribution in [0.5, 0.6) is 11.5 Å². The highest BCUT2D eigenvalue weighted by atomic mass is 16.5. The molecule has 0 aliphatic rings. The molecule has 2 aromatic carbocycles. The predicted octanol–water partition coefficient (Wildman–Crippen LogP) is 4.00. The van der Waals surface area contributed by atoms with Crippen LogP contribution < -0.4 is 14.8 Å². The zero-order valence-electron chi connectivity index (χ0n) is 18.9. The highest BCUT2D eigenvalue weighted by molar-refractivity contribution is 5.81. The molecule has 2 aromatic rings. The van der Waals surface area contributed by atoms with Gasteiger partial charge >= 0.3 is 0 Å². The van der Waals surface area contributed by atoms with E-state index in [0.29, 0.717) is 24.5 Å². The van der Waals surface area contributed by atoms with Gasteiger partial charge in [0.2, 0.25) is 0 Å². The van der Waals surface area contributed by atoms with Crippen molar-refractivity contribution < 1.29 is 14.3 Å². The van der Waals surface area contributed by atoms with E-state index >= 15 is 0 Å². The molecule has 0 saturated carbocycles. The van der Waals surface area contributed by atoms with Crippen molar-refractivity contribution >= 4 is 5.91 Å². The standard InChI is InChI=1S/C25H33N3O3/c1-5-28(6-2)15-16-30-22-13-9-8-12-21(22)18-27-25(29)24(19(3)4)31-23-14-10-7-11-20(23)17-26/h7-14,19,24H,5-6,15-16,18H2,1-4H3,(H,27,29). The Balaban J connectivity index is 2.01. The van der Waals surface area contributed by atoms with Crippen molar-refractivity contribution in [1.29, 1.82) is 5.26 Å². The van der Waals surface area contributed by atoms with E-state index in [1.54, 1.807) is 24.3 Å². The molecular formula is C25H33N3O3. The normalized spacial score (nSPS) is 11.8. The Kier molecular flexibility index (Phi) is 9.86. The van der Waals surface area contributed by atoms with Crippen LogP contribution in [-0.4, -0.2) is 43.2 Å². The lowest BCUT2D eigenvalue weighted by atomic mass is 10.1. The van der Waals surface area contributed by atoms with Crippen LogP contribution in [0.3, 0.4) is 0 Å². The largest absolute Gasteiger partial charge is 0.492 e. The average molecular weight is 424 g/mol. The minimum atomic E-state index is -0.703. The van der Waals surface area contributed by atoms with Crippen molar-refractivity contribution in [2.75, 3.05) is 26.2 Å². The summed E-state index contributed by atoms with van der Waals surface area (Å²) in [5.74, 6) is 0.902. The Morgan fingerprint density at radius 3 is 2.35 bits per heavy atom. The van der Waals surface area contributed by atoms with Gasteiger partial charge in [-0.3, -0.25) is 4.79 Å². The Morgan fingerprint density at radius 1 is 1.06 bits per heavy atom. The first kappa shape index (κ1) is 24.2. The minimum absolute atomic E-state index is 0.0627. The van der Waals surface area contributed by atoms with Gasteiger partial charge in [-0.2, -0.15) is 5.26 Å². The number of carbonyl (C=O) groups is 1. The van der Waals surface area contributed by atoms with Crippen LogP contribution in [0, 0.1) is 17.2 Å². The number of ether oxygens (including phenoxy) is 2. The third kappa shape index (κ3) is 7.30.